The smallest absolute Gasteiger partial charge is 0.287 e. The molecule has 1 aromatic rings. The predicted octanol–water partition coefficient (Wildman–Crippen LogP) is 3.41. The largest absolute Gasteiger partial charge is 0.346 e. The Labute approximate surface area is 191 Å². The van der Waals surface area contributed by atoms with Crippen LogP contribution in [-0.4, -0.2) is 71.0 Å². The Bertz CT molecular complexity index is 909. The zero-order valence-electron chi connectivity index (χ0n) is 19.7. The molecule has 2 N–H and O–H groups in total. The molecule has 32 heavy (non-hydrogen) atoms. The molecule has 2 heterocycles. The molecule has 0 radical (unpaired) electrons. The van der Waals surface area contributed by atoms with Crippen LogP contribution in [0.5, 0.6) is 0 Å². The molecule has 172 valence electrons. The Hall–Kier alpha value is -2.69. The normalized spacial score (nSPS) is 19.1. The van der Waals surface area contributed by atoms with E-state index < -0.39 is 0 Å². The standard InChI is InChI=1S/C25H36N6O/c1-25(2,31-16-14-30(3)15-17-31)21(12-11-20-8-5-4-6-9-20)10-7-13-27-24(32)23-28-19-22(18-26)29-23/h7-8,10,12,19H,4-6,9,11,13-17H2,1-3H3,(H,27,32)(H,28,29)/b10-7-,21-12+. The van der Waals surface area contributed by atoms with E-state index in [1.54, 1.807) is 0 Å². The Kier molecular flexibility index (Phi) is 8.43. The minimum absolute atomic E-state index is 0.0836. The van der Waals surface area contributed by atoms with Crippen LogP contribution in [0.3, 0.4) is 0 Å². The minimum Gasteiger partial charge on any atom is -0.346 e. The highest BCUT2D eigenvalue weighted by Crippen LogP contribution is 2.29. The van der Waals surface area contributed by atoms with Crippen molar-refractivity contribution in [2.45, 2.75) is 51.5 Å². The van der Waals surface area contributed by atoms with E-state index in [2.05, 4.69) is 64.2 Å². The molecule has 1 aromatic heterocycles. The quantitative estimate of drug-likeness (QED) is 0.482. The lowest BCUT2D eigenvalue weighted by molar-refractivity contribution is 0.0848. The fourth-order valence-electron chi connectivity index (χ4n) is 4.32. The molecule has 1 amide bonds. The molecule has 0 aromatic carbocycles. The Morgan fingerprint density at radius 3 is 2.75 bits per heavy atom. The highest BCUT2D eigenvalue weighted by atomic mass is 16.2. The zero-order valence-corrected chi connectivity index (χ0v) is 19.7. The van der Waals surface area contributed by atoms with Crippen molar-refractivity contribution in [3.8, 4) is 6.07 Å². The molecule has 7 nitrogen and oxygen atoms in total. The minimum atomic E-state index is -0.313. The average molecular weight is 437 g/mol. The first kappa shape index (κ1) is 24.0. The van der Waals surface area contributed by atoms with Gasteiger partial charge in [0, 0.05) is 44.5 Å². The summed E-state index contributed by atoms with van der Waals surface area (Å²) in [5, 5.41) is 11.7. The first-order valence-electron chi connectivity index (χ1n) is 11.6. The van der Waals surface area contributed by atoms with Crippen molar-refractivity contribution >= 4 is 5.91 Å². The van der Waals surface area contributed by atoms with Crippen LogP contribution in [0.1, 0.15) is 62.3 Å². The van der Waals surface area contributed by atoms with E-state index in [4.69, 9.17) is 5.26 Å². The number of amides is 1. The topological polar surface area (TPSA) is 88.0 Å². The van der Waals surface area contributed by atoms with Crippen molar-refractivity contribution in [2.24, 2.45) is 0 Å². The van der Waals surface area contributed by atoms with Crippen molar-refractivity contribution in [3.63, 3.8) is 0 Å². The lowest BCUT2D eigenvalue weighted by Crippen LogP contribution is -2.54. The molecule has 1 aliphatic heterocycles. The first-order valence-corrected chi connectivity index (χ1v) is 11.6. The number of nitrogens with one attached hydrogen (secondary N) is 2. The van der Waals surface area contributed by atoms with Crippen LogP contribution in [-0.2, 0) is 0 Å². The number of aromatic nitrogens is 2. The molecule has 0 bridgehead atoms. The van der Waals surface area contributed by atoms with Crippen LogP contribution in [0.4, 0.5) is 0 Å². The van der Waals surface area contributed by atoms with Gasteiger partial charge in [0.25, 0.3) is 5.91 Å². The van der Waals surface area contributed by atoms with E-state index in [1.807, 2.05) is 12.1 Å². The number of carbonyl (C=O) groups is 1. The second-order valence-corrected chi connectivity index (χ2v) is 9.18. The number of piperazine rings is 1. The van der Waals surface area contributed by atoms with Gasteiger partial charge in [0.15, 0.2) is 11.5 Å². The summed E-state index contributed by atoms with van der Waals surface area (Å²) in [6.07, 6.45) is 16.4. The second kappa shape index (κ2) is 11.3. The molecule has 0 atom stereocenters. The van der Waals surface area contributed by atoms with Crippen molar-refractivity contribution in [1.82, 2.24) is 25.1 Å². The van der Waals surface area contributed by atoms with Gasteiger partial charge in [-0.3, -0.25) is 9.69 Å². The van der Waals surface area contributed by atoms with Crippen LogP contribution in [0.2, 0.25) is 0 Å². The molecule has 1 aliphatic carbocycles. The Morgan fingerprint density at radius 1 is 1.31 bits per heavy atom. The van der Waals surface area contributed by atoms with Crippen LogP contribution in [0.15, 0.2) is 41.6 Å². The van der Waals surface area contributed by atoms with Gasteiger partial charge in [-0.05, 0) is 58.6 Å². The molecule has 0 saturated carbocycles. The maximum atomic E-state index is 12.2. The van der Waals surface area contributed by atoms with Gasteiger partial charge >= 0.3 is 0 Å². The first-order chi connectivity index (χ1) is 15.4. The lowest BCUT2D eigenvalue weighted by Gasteiger charge is -2.44. The summed E-state index contributed by atoms with van der Waals surface area (Å²) in [6.45, 7) is 9.26. The molecule has 2 aliphatic rings. The summed E-state index contributed by atoms with van der Waals surface area (Å²) < 4.78 is 0. The Morgan fingerprint density at radius 2 is 2.09 bits per heavy atom. The van der Waals surface area contributed by atoms with Crippen molar-refractivity contribution in [2.75, 3.05) is 39.8 Å². The number of hydrogen-bond acceptors (Lipinski definition) is 5. The molecule has 7 heteroatoms. The molecule has 3 rings (SSSR count). The van der Waals surface area contributed by atoms with Crippen LogP contribution >= 0.6 is 0 Å². The molecule has 0 unspecified atom stereocenters. The number of aromatic amines is 1. The molecule has 1 saturated heterocycles. The maximum Gasteiger partial charge on any atom is 0.287 e. The summed E-state index contributed by atoms with van der Waals surface area (Å²) in [6, 6.07) is 1.92. The lowest BCUT2D eigenvalue weighted by atomic mass is 9.88. The number of hydrogen-bond donors (Lipinski definition) is 2. The van der Waals surface area contributed by atoms with E-state index in [1.165, 1.54) is 43.0 Å². The summed E-state index contributed by atoms with van der Waals surface area (Å²) in [4.78, 5) is 23.9. The number of rotatable bonds is 8. The summed E-state index contributed by atoms with van der Waals surface area (Å²) in [5.41, 5.74) is 2.95. The second-order valence-electron chi connectivity index (χ2n) is 9.18. The summed E-state index contributed by atoms with van der Waals surface area (Å²) in [7, 11) is 2.18. The number of H-pyrrole nitrogens is 1. The zero-order chi connectivity index (χ0) is 23.0. The third-order valence-electron chi connectivity index (χ3n) is 6.55. The highest BCUT2D eigenvalue weighted by molar-refractivity contribution is 5.90. The number of nitriles is 1. The van der Waals surface area contributed by atoms with E-state index in [0.29, 0.717) is 6.54 Å². The number of carbonyl (C=O) groups excluding carboxylic acids is 1. The van der Waals surface area contributed by atoms with Gasteiger partial charge in [0.05, 0.1) is 0 Å². The third-order valence-corrected chi connectivity index (χ3v) is 6.55. The number of allylic oxidation sites excluding steroid dienone is 3. The fraction of sp³-hybridized carbons (Fsp3) is 0.560. The summed E-state index contributed by atoms with van der Waals surface area (Å²) >= 11 is 0. The van der Waals surface area contributed by atoms with E-state index in [9.17, 15) is 4.79 Å². The predicted molar refractivity (Wildman–Crippen MR) is 127 cm³/mol. The monoisotopic (exact) mass is 436 g/mol. The fourth-order valence-corrected chi connectivity index (χ4v) is 4.32. The maximum absolute atomic E-state index is 12.2. The molecule has 1 fully saturated rings. The average Bonchev–Trinajstić information content (AvgIpc) is 3.29. The Balaban J connectivity index is 1.67. The van der Waals surface area contributed by atoms with Gasteiger partial charge in [-0.25, -0.2) is 4.98 Å². The van der Waals surface area contributed by atoms with Crippen LogP contribution < -0.4 is 5.32 Å². The van der Waals surface area contributed by atoms with Crippen molar-refractivity contribution in [1.29, 1.82) is 5.26 Å². The van der Waals surface area contributed by atoms with Crippen LogP contribution in [0, 0.1) is 11.3 Å². The van der Waals surface area contributed by atoms with Gasteiger partial charge in [-0.2, -0.15) is 5.26 Å². The van der Waals surface area contributed by atoms with Gasteiger partial charge < -0.3 is 15.2 Å². The van der Waals surface area contributed by atoms with Gasteiger partial charge in [0.1, 0.15) is 6.07 Å². The van der Waals surface area contributed by atoms with Gasteiger partial charge in [-0.15, -0.1) is 0 Å². The van der Waals surface area contributed by atoms with E-state index >= 15 is 0 Å². The number of nitrogens with zero attached hydrogens (tertiary/aromatic N) is 4. The van der Waals surface area contributed by atoms with E-state index in [-0.39, 0.29) is 23.0 Å². The summed E-state index contributed by atoms with van der Waals surface area (Å²) in [5.74, 6) is -0.153. The van der Waals surface area contributed by atoms with Gasteiger partial charge in [0.2, 0.25) is 0 Å². The number of likely N-dealkylation sites (N-methyl/N-ethyl adjacent to an activating group) is 1. The molecular formula is C25H36N6O. The van der Waals surface area contributed by atoms with Crippen LogP contribution in [0.25, 0.3) is 0 Å². The van der Waals surface area contributed by atoms with Crippen molar-refractivity contribution < 1.29 is 4.79 Å². The SMILES string of the molecule is CN1CCN(C(C)(C)C(/C=C\CNC(=O)c2nc(C#N)c[nH]2)=C/CC2=CCCCC2)CC1. The third kappa shape index (κ3) is 6.41. The molecular weight excluding hydrogens is 400 g/mol. The highest BCUT2D eigenvalue weighted by Gasteiger charge is 2.31. The molecule has 0 spiro atoms. The van der Waals surface area contributed by atoms with Gasteiger partial charge in [-0.1, -0.05) is 29.9 Å². The van der Waals surface area contributed by atoms with Crippen molar-refractivity contribution in [3.05, 3.63) is 53.2 Å². The number of imidazole rings is 1. The van der Waals surface area contributed by atoms with E-state index in [0.717, 1.165) is 32.6 Å².